The second-order valence-corrected chi connectivity index (χ2v) is 8.98. The fourth-order valence-electron chi connectivity index (χ4n) is 2.77. The molecular weight excluding hydrogens is 452 g/mol. The van der Waals surface area contributed by atoms with E-state index in [1.165, 1.54) is 30.3 Å². The van der Waals surface area contributed by atoms with Crippen LogP contribution in [0.4, 0.5) is 5.69 Å². The summed E-state index contributed by atoms with van der Waals surface area (Å²) in [6.45, 7) is 2.43. The molecule has 0 saturated heterocycles. The minimum Gasteiger partial charge on any atom is -0.497 e. The molecule has 1 amide bonds. The molecule has 3 aromatic carbocycles. The lowest BCUT2D eigenvalue weighted by molar-refractivity contribution is 0.0947. The van der Waals surface area contributed by atoms with E-state index in [-0.39, 0.29) is 34.7 Å². The van der Waals surface area contributed by atoms with Crippen molar-refractivity contribution in [2.45, 2.75) is 11.8 Å². The van der Waals surface area contributed by atoms with Crippen molar-refractivity contribution in [3.8, 4) is 11.5 Å². The molecule has 0 aliphatic rings. The number of sulfonamides is 1. The third kappa shape index (κ3) is 6.15. The van der Waals surface area contributed by atoms with Gasteiger partial charge in [-0.15, -0.1) is 0 Å². The van der Waals surface area contributed by atoms with E-state index in [2.05, 4.69) is 10.0 Å². The summed E-state index contributed by atoms with van der Waals surface area (Å²) in [6.07, 6.45) is 0. The lowest BCUT2D eigenvalue weighted by atomic mass is 10.2. The third-order valence-corrected chi connectivity index (χ3v) is 6.22. The zero-order valence-corrected chi connectivity index (χ0v) is 19.2. The summed E-state index contributed by atoms with van der Waals surface area (Å²) in [5.74, 6) is 1.04. The number of halogens is 1. The lowest BCUT2D eigenvalue weighted by Gasteiger charge is -2.12. The first kappa shape index (κ1) is 23.4. The van der Waals surface area contributed by atoms with Crippen molar-refractivity contribution in [3.63, 3.8) is 0 Å². The molecule has 0 radical (unpaired) electrons. The molecule has 0 aromatic heterocycles. The fraction of sp³-hybridized carbons (Fsp3) is 0.174. The van der Waals surface area contributed by atoms with E-state index in [1.54, 1.807) is 43.5 Å². The molecule has 0 atom stereocenters. The Labute approximate surface area is 192 Å². The van der Waals surface area contributed by atoms with E-state index in [4.69, 9.17) is 21.1 Å². The number of aryl methyl sites for hydroxylation is 1. The molecule has 2 N–H and O–H groups in total. The number of nitrogens with one attached hydrogen (secondary N) is 2. The predicted octanol–water partition coefficient (Wildman–Crippen LogP) is 4.27. The maximum atomic E-state index is 12.5. The summed E-state index contributed by atoms with van der Waals surface area (Å²) in [7, 11) is -2.21. The zero-order chi connectivity index (χ0) is 23.1. The first-order chi connectivity index (χ1) is 15.3. The highest BCUT2D eigenvalue weighted by Gasteiger charge is 2.16. The number of hydrogen-bond donors (Lipinski definition) is 2. The van der Waals surface area contributed by atoms with Crippen LogP contribution >= 0.6 is 11.6 Å². The summed E-state index contributed by atoms with van der Waals surface area (Å²) in [6, 6.07) is 17.9. The number of ether oxygens (including phenoxy) is 2. The second-order valence-electron chi connectivity index (χ2n) is 6.89. The van der Waals surface area contributed by atoms with Gasteiger partial charge in [-0.2, -0.15) is 0 Å². The molecule has 32 heavy (non-hydrogen) atoms. The van der Waals surface area contributed by atoms with Gasteiger partial charge in [0.15, 0.2) is 0 Å². The van der Waals surface area contributed by atoms with Gasteiger partial charge >= 0.3 is 0 Å². The number of methoxy groups -OCH3 is 1. The molecule has 0 aliphatic heterocycles. The highest BCUT2D eigenvalue weighted by molar-refractivity contribution is 7.92. The first-order valence-corrected chi connectivity index (χ1v) is 11.6. The van der Waals surface area contributed by atoms with Gasteiger partial charge in [0.05, 0.1) is 29.3 Å². The third-order valence-electron chi connectivity index (χ3n) is 4.52. The van der Waals surface area contributed by atoms with Gasteiger partial charge in [0.1, 0.15) is 18.1 Å². The average Bonchev–Trinajstić information content (AvgIpc) is 2.78. The Bertz CT molecular complexity index is 1180. The van der Waals surface area contributed by atoms with Gasteiger partial charge in [-0.05, 0) is 61.5 Å². The van der Waals surface area contributed by atoms with Crippen molar-refractivity contribution in [3.05, 3.63) is 82.9 Å². The van der Waals surface area contributed by atoms with Gasteiger partial charge in [0.2, 0.25) is 0 Å². The van der Waals surface area contributed by atoms with E-state index in [0.29, 0.717) is 11.3 Å². The number of hydrogen-bond acceptors (Lipinski definition) is 5. The molecule has 0 aliphatic carbocycles. The van der Waals surface area contributed by atoms with Crippen LogP contribution in [0.2, 0.25) is 5.02 Å². The Balaban J connectivity index is 1.55. The molecule has 3 rings (SSSR count). The number of anilines is 1. The number of amides is 1. The van der Waals surface area contributed by atoms with E-state index in [9.17, 15) is 13.2 Å². The number of benzene rings is 3. The first-order valence-electron chi connectivity index (χ1n) is 9.72. The summed E-state index contributed by atoms with van der Waals surface area (Å²) in [5, 5.41) is 2.85. The molecule has 3 aromatic rings. The minimum atomic E-state index is -3.79. The van der Waals surface area contributed by atoms with Crippen LogP contribution in [-0.4, -0.2) is 34.6 Å². The SMILES string of the molecule is COc1ccc(OCCNC(=O)c2ccc(NS(=O)(=O)c3ccc(C)cc3)c(Cl)c2)cc1. The molecule has 7 nitrogen and oxygen atoms in total. The van der Waals surface area contributed by atoms with Crippen LogP contribution in [0.15, 0.2) is 71.6 Å². The van der Waals surface area contributed by atoms with Crippen molar-refractivity contribution in [2.24, 2.45) is 0 Å². The quantitative estimate of drug-likeness (QED) is 0.452. The topological polar surface area (TPSA) is 93.7 Å². The smallest absolute Gasteiger partial charge is 0.261 e. The summed E-state index contributed by atoms with van der Waals surface area (Å²) >= 11 is 6.22. The van der Waals surface area contributed by atoms with Crippen LogP contribution in [0.1, 0.15) is 15.9 Å². The Morgan fingerprint density at radius 1 is 0.969 bits per heavy atom. The Kier molecular flexibility index (Phi) is 7.61. The van der Waals surface area contributed by atoms with Crippen LogP contribution < -0.4 is 19.5 Å². The van der Waals surface area contributed by atoms with Crippen molar-refractivity contribution in [1.82, 2.24) is 5.32 Å². The minimum absolute atomic E-state index is 0.114. The van der Waals surface area contributed by atoms with E-state index in [0.717, 1.165) is 11.3 Å². The van der Waals surface area contributed by atoms with Crippen LogP contribution in [-0.2, 0) is 10.0 Å². The van der Waals surface area contributed by atoms with Crippen LogP contribution in [0.25, 0.3) is 0 Å². The van der Waals surface area contributed by atoms with Crippen LogP contribution in [0.5, 0.6) is 11.5 Å². The Morgan fingerprint density at radius 2 is 1.62 bits per heavy atom. The van der Waals surface area contributed by atoms with Gasteiger partial charge in [-0.25, -0.2) is 8.42 Å². The van der Waals surface area contributed by atoms with E-state index in [1.807, 2.05) is 6.92 Å². The van der Waals surface area contributed by atoms with Gasteiger partial charge in [-0.3, -0.25) is 9.52 Å². The van der Waals surface area contributed by atoms with E-state index >= 15 is 0 Å². The van der Waals surface area contributed by atoms with E-state index < -0.39 is 10.0 Å². The van der Waals surface area contributed by atoms with Crippen molar-refractivity contribution in [2.75, 3.05) is 25.0 Å². The van der Waals surface area contributed by atoms with Crippen LogP contribution in [0.3, 0.4) is 0 Å². The predicted molar refractivity (Wildman–Crippen MR) is 124 cm³/mol. The fourth-order valence-corrected chi connectivity index (χ4v) is 4.13. The normalized spacial score (nSPS) is 11.0. The van der Waals surface area contributed by atoms with Gasteiger partial charge in [0, 0.05) is 5.56 Å². The standard InChI is InChI=1S/C23H23ClN2O5S/c1-16-3-10-20(11-4-16)32(28,29)26-22-12-5-17(15-21(22)24)23(27)25-13-14-31-19-8-6-18(30-2)7-9-19/h3-12,15,26H,13-14H2,1-2H3,(H,25,27). The summed E-state index contributed by atoms with van der Waals surface area (Å²) in [4.78, 5) is 12.5. The van der Waals surface area contributed by atoms with Crippen molar-refractivity contribution in [1.29, 1.82) is 0 Å². The molecule has 9 heteroatoms. The maximum absolute atomic E-state index is 12.5. The average molecular weight is 475 g/mol. The molecule has 0 bridgehead atoms. The maximum Gasteiger partial charge on any atom is 0.261 e. The highest BCUT2D eigenvalue weighted by atomic mass is 35.5. The van der Waals surface area contributed by atoms with Crippen molar-refractivity contribution < 1.29 is 22.7 Å². The number of carbonyl (C=O) groups excluding carboxylic acids is 1. The second kappa shape index (κ2) is 10.4. The largest absolute Gasteiger partial charge is 0.497 e. The van der Waals surface area contributed by atoms with Crippen LogP contribution in [0, 0.1) is 6.92 Å². The Morgan fingerprint density at radius 3 is 2.25 bits per heavy atom. The van der Waals surface area contributed by atoms with Gasteiger partial charge in [0.25, 0.3) is 15.9 Å². The molecule has 0 spiro atoms. The van der Waals surface area contributed by atoms with Gasteiger partial charge < -0.3 is 14.8 Å². The molecule has 168 valence electrons. The molecule has 0 fully saturated rings. The summed E-state index contributed by atoms with van der Waals surface area (Å²) < 4.78 is 38.2. The van der Waals surface area contributed by atoms with Gasteiger partial charge in [-0.1, -0.05) is 29.3 Å². The summed E-state index contributed by atoms with van der Waals surface area (Å²) in [5.41, 5.74) is 1.44. The number of rotatable bonds is 9. The monoisotopic (exact) mass is 474 g/mol. The zero-order valence-electron chi connectivity index (χ0n) is 17.6. The molecule has 0 saturated carbocycles. The molecular formula is C23H23ClN2O5S. The molecule has 0 heterocycles. The van der Waals surface area contributed by atoms with Crippen molar-refractivity contribution >= 4 is 33.2 Å². The number of carbonyl (C=O) groups is 1. The molecule has 0 unspecified atom stereocenters. The lowest BCUT2D eigenvalue weighted by Crippen LogP contribution is -2.28. The highest BCUT2D eigenvalue weighted by Crippen LogP contribution is 2.26. The Hall–Kier alpha value is -3.23.